The molecule has 1 aromatic heterocycles. The minimum atomic E-state index is -0.590. The SMILES string of the molecule is CCCn1cc(C(=O)c2ccc(OC)cc2F)cn1. The van der Waals surface area contributed by atoms with Gasteiger partial charge in [-0.15, -0.1) is 0 Å². The molecule has 0 saturated carbocycles. The second-order valence-corrected chi connectivity index (χ2v) is 4.17. The van der Waals surface area contributed by atoms with Crippen molar-refractivity contribution in [3.05, 3.63) is 47.5 Å². The molecule has 2 rings (SSSR count). The summed E-state index contributed by atoms with van der Waals surface area (Å²) in [6.07, 6.45) is 4.02. The molecule has 0 aliphatic heterocycles. The predicted molar refractivity (Wildman–Crippen MR) is 68.9 cm³/mol. The number of hydrogen-bond donors (Lipinski definition) is 0. The van der Waals surface area contributed by atoms with Gasteiger partial charge in [0.2, 0.25) is 0 Å². The average Bonchev–Trinajstić information content (AvgIpc) is 2.87. The Morgan fingerprint density at radius 1 is 1.47 bits per heavy atom. The predicted octanol–water partition coefficient (Wildman–Crippen LogP) is 2.67. The first-order chi connectivity index (χ1) is 9.15. The molecule has 19 heavy (non-hydrogen) atoms. The molecule has 0 aliphatic carbocycles. The summed E-state index contributed by atoms with van der Waals surface area (Å²) < 4.78 is 20.4. The molecule has 0 fully saturated rings. The second kappa shape index (κ2) is 5.65. The van der Waals surface area contributed by atoms with Gasteiger partial charge in [-0.05, 0) is 18.6 Å². The summed E-state index contributed by atoms with van der Waals surface area (Å²) in [6, 6.07) is 4.18. The Bertz CT molecular complexity index is 593. The van der Waals surface area contributed by atoms with Crippen LogP contribution < -0.4 is 4.74 Å². The lowest BCUT2D eigenvalue weighted by molar-refractivity contribution is 0.103. The molecule has 1 heterocycles. The van der Waals surface area contributed by atoms with Crippen LogP contribution in [0.4, 0.5) is 4.39 Å². The summed E-state index contributed by atoms with van der Waals surface area (Å²) in [5.74, 6) is -0.578. The van der Waals surface area contributed by atoms with Crippen LogP contribution in [-0.4, -0.2) is 22.7 Å². The Kier molecular flexibility index (Phi) is 3.94. The second-order valence-electron chi connectivity index (χ2n) is 4.17. The molecule has 2 aromatic rings. The molecule has 0 bridgehead atoms. The molecule has 0 saturated heterocycles. The van der Waals surface area contributed by atoms with Crippen molar-refractivity contribution in [1.29, 1.82) is 0 Å². The van der Waals surface area contributed by atoms with Crippen molar-refractivity contribution < 1.29 is 13.9 Å². The lowest BCUT2D eigenvalue weighted by Gasteiger charge is -2.03. The lowest BCUT2D eigenvalue weighted by atomic mass is 10.1. The zero-order valence-corrected chi connectivity index (χ0v) is 10.9. The molecule has 5 heteroatoms. The number of hydrogen-bond acceptors (Lipinski definition) is 3. The van der Waals surface area contributed by atoms with Crippen LogP contribution >= 0.6 is 0 Å². The molecule has 1 aromatic carbocycles. The Morgan fingerprint density at radius 2 is 2.26 bits per heavy atom. The molecule has 0 atom stereocenters. The largest absolute Gasteiger partial charge is 0.497 e. The van der Waals surface area contributed by atoms with E-state index in [1.54, 1.807) is 16.9 Å². The van der Waals surface area contributed by atoms with Gasteiger partial charge in [-0.25, -0.2) is 4.39 Å². The Hall–Kier alpha value is -2.17. The Morgan fingerprint density at radius 3 is 2.89 bits per heavy atom. The van der Waals surface area contributed by atoms with Crippen LogP contribution in [0.1, 0.15) is 29.3 Å². The third-order valence-electron chi connectivity index (χ3n) is 2.77. The van der Waals surface area contributed by atoms with Crippen LogP contribution in [0.3, 0.4) is 0 Å². The first-order valence-electron chi connectivity index (χ1n) is 6.06. The van der Waals surface area contributed by atoms with Crippen molar-refractivity contribution in [2.45, 2.75) is 19.9 Å². The van der Waals surface area contributed by atoms with E-state index in [4.69, 9.17) is 4.74 Å². The molecule has 0 amide bonds. The van der Waals surface area contributed by atoms with Gasteiger partial charge in [0.1, 0.15) is 11.6 Å². The summed E-state index contributed by atoms with van der Waals surface area (Å²) in [4.78, 5) is 12.2. The molecule has 0 radical (unpaired) electrons. The van der Waals surface area contributed by atoms with Crippen molar-refractivity contribution in [3.63, 3.8) is 0 Å². The minimum Gasteiger partial charge on any atom is -0.497 e. The third-order valence-corrected chi connectivity index (χ3v) is 2.77. The highest BCUT2D eigenvalue weighted by Crippen LogP contribution is 2.19. The Balaban J connectivity index is 2.27. The molecular weight excluding hydrogens is 247 g/mol. The summed E-state index contributed by atoms with van der Waals surface area (Å²) in [5, 5.41) is 4.06. The maximum atomic E-state index is 13.8. The van der Waals surface area contributed by atoms with Gasteiger partial charge in [-0.1, -0.05) is 6.92 Å². The van der Waals surface area contributed by atoms with Crippen LogP contribution in [0.25, 0.3) is 0 Å². The number of halogens is 1. The first kappa shape index (κ1) is 13.3. The number of ether oxygens (including phenoxy) is 1. The monoisotopic (exact) mass is 262 g/mol. The highest BCUT2D eigenvalue weighted by atomic mass is 19.1. The number of benzene rings is 1. The molecule has 0 N–H and O–H groups in total. The van der Waals surface area contributed by atoms with Gasteiger partial charge in [0.05, 0.1) is 24.4 Å². The minimum absolute atomic E-state index is 0.0249. The van der Waals surface area contributed by atoms with Crippen molar-refractivity contribution >= 4 is 5.78 Å². The summed E-state index contributed by atoms with van der Waals surface area (Å²) in [6.45, 7) is 2.75. The van der Waals surface area contributed by atoms with E-state index in [1.165, 1.54) is 25.4 Å². The normalized spacial score (nSPS) is 10.5. The van der Waals surface area contributed by atoms with Crippen molar-refractivity contribution in [2.75, 3.05) is 7.11 Å². The van der Waals surface area contributed by atoms with E-state index in [0.717, 1.165) is 13.0 Å². The van der Waals surface area contributed by atoms with Crippen molar-refractivity contribution in [2.24, 2.45) is 0 Å². The summed E-state index contributed by atoms with van der Waals surface area (Å²) in [7, 11) is 1.45. The molecule has 100 valence electrons. The fraction of sp³-hybridized carbons (Fsp3) is 0.286. The number of carbonyl (C=O) groups excluding carboxylic acids is 1. The number of ketones is 1. The van der Waals surface area contributed by atoms with E-state index in [0.29, 0.717) is 11.3 Å². The number of methoxy groups -OCH3 is 1. The van der Waals surface area contributed by atoms with Crippen LogP contribution in [0.5, 0.6) is 5.75 Å². The van der Waals surface area contributed by atoms with E-state index in [1.807, 2.05) is 6.92 Å². The van der Waals surface area contributed by atoms with E-state index >= 15 is 0 Å². The maximum absolute atomic E-state index is 13.8. The van der Waals surface area contributed by atoms with E-state index in [9.17, 15) is 9.18 Å². The van der Waals surface area contributed by atoms with Gasteiger partial charge in [-0.3, -0.25) is 9.48 Å². The fourth-order valence-electron chi connectivity index (χ4n) is 1.79. The Labute approximate surface area is 110 Å². The smallest absolute Gasteiger partial charge is 0.199 e. The van der Waals surface area contributed by atoms with Gasteiger partial charge < -0.3 is 4.74 Å². The van der Waals surface area contributed by atoms with Crippen LogP contribution in [0, 0.1) is 5.82 Å². The molecular formula is C14H15FN2O2. The van der Waals surface area contributed by atoms with Gasteiger partial charge in [0, 0.05) is 18.8 Å². The van der Waals surface area contributed by atoms with Gasteiger partial charge >= 0.3 is 0 Å². The van der Waals surface area contributed by atoms with Crippen LogP contribution in [0.2, 0.25) is 0 Å². The fourth-order valence-corrected chi connectivity index (χ4v) is 1.79. The topological polar surface area (TPSA) is 44.1 Å². The standard InChI is InChI=1S/C14H15FN2O2/c1-3-6-17-9-10(8-16-17)14(18)12-5-4-11(19-2)7-13(12)15/h4-5,7-9H,3,6H2,1-2H3. The van der Waals surface area contributed by atoms with Gasteiger partial charge in [0.15, 0.2) is 5.78 Å². The quantitative estimate of drug-likeness (QED) is 0.778. The summed E-state index contributed by atoms with van der Waals surface area (Å²) >= 11 is 0. The zero-order valence-electron chi connectivity index (χ0n) is 10.9. The number of aryl methyl sites for hydroxylation is 1. The zero-order chi connectivity index (χ0) is 13.8. The molecule has 4 nitrogen and oxygen atoms in total. The third kappa shape index (κ3) is 2.81. The lowest BCUT2D eigenvalue weighted by Crippen LogP contribution is -2.04. The average molecular weight is 262 g/mol. The summed E-state index contributed by atoms with van der Waals surface area (Å²) in [5.41, 5.74) is 0.411. The molecule has 0 unspecified atom stereocenters. The number of rotatable bonds is 5. The van der Waals surface area contributed by atoms with Crippen LogP contribution in [-0.2, 0) is 6.54 Å². The van der Waals surface area contributed by atoms with Crippen molar-refractivity contribution in [3.8, 4) is 5.75 Å². The first-order valence-corrected chi connectivity index (χ1v) is 6.06. The number of aromatic nitrogens is 2. The highest BCUT2D eigenvalue weighted by molar-refractivity contribution is 6.08. The van der Waals surface area contributed by atoms with E-state index in [2.05, 4.69) is 5.10 Å². The number of nitrogens with zero attached hydrogens (tertiary/aromatic N) is 2. The molecule has 0 spiro atoms. The van der Waals surface area contributed by atoms with Crippen molar-refractivity contribution in [1.82, 2.24) is 9.78 Å². The van der Waals surface area contributed by atoms with E-state index in [-0.39, 0.29) is 11.3 Å². The number of carbonyl (C=O) groups is 1. The molecule has 0 aliphatic rings. The highest BCUT2D eigenvalue weighted by Gasteiger charge is 2.16. The van der Waals surface area contributed by atoms with Crippen LogP contribution in [0.15, 0.2) is 30.6 Å². The van der Waals surface area contributed by atoms with Gasteiger partial charge in [-0.2, -0.15) is 5.10 Å². The van der Waals surface area contributed by atoms with Gasteiger partial charge in [0.25, 0.3) is 0 Å². The maximum Gasteiger partial charge on any atom is 0.199 e. The van der Waals surface area contributed by atoms with E-state index < -0.39 is 5.82 Å².